The maximum absolute atomic E-state index is 16.3. The van der Waals surface area contributed by atoms with Gasteiger partial charge in [0, 0.05) is 25.0 Å². The van der Waals surface area contributed by atoms with Crippen LogP contribution in [0.5, 0.6) is 5.88 Å². The molecule has 1 aromatic heterocycles. The summed E-state index contributed by atoms with van der Waals surface area (Å²) in [7, 11) is -4.24. The van der Waals surface area contributed by atoms with E-state index in [1.54, 1.807) is 20.8 Å². The molecule has 7 rings (SSSR count). The van der Waals surface area contributed by atoms with Gasteiger partial charge in [-0.1, -0.05) is 34.1 Å². The highest BCUT2D eigenvalue weighted by Crippen LogP contribution is 2.49. The third-order valence-electron chi connectivity index (χ3n) is 12.2. The second kappa shape index (κ2) is 15.8. The van der Waals surface area contributed by atoms with Crippen molar-refractivity contribution in [1.29, 1.82) is 0 Å². The molecule has 5 aliphatic rings. The summed E-state index contributed by atoms with van der Waals surface area (Å²) in [5, 5.41) is 4.01. The molecule has 2 bridgehead atoms. The molecule has 14 nitrogen and oxygen atoms in total. The third kappa shape index (κ3) is 8.82. The molecule has 330 valence electrons. The molecule has 3 aliphatic carbocycles. The number of aromatic nitrogens is 2. The van der Waals surface area contributed by atoms with E-state index in [0.717, 1.165) is 4.90 Å². The molecule has 4 amide bonds. The van der Waals surface area contributed by atoms with Crippen molar-refractivity contribution >= 4 is 44.9 Å². The molecule has 0 radical (unpaired) electrons. The predicted molar refractivity (Wildman–Crippen MR) is 200 cm³/mol. The van der Waals surface area contributed by atoms with Crippen molar-refractivity contribution < 1.29 is 63.4 Å². The van der Waals surface area contributed by atoms with E-state index in [-0.39, 0.29) is 36.6 Å². The number of halogens is 6. The fraction of sp³-hybridized carbons (Fsp3) is 0.692. The number of nitrogens with zero attached hydrogens (tertiary/aromatic N) is 3. The van der Waals surface area contributed by atoms with Crippen molar-refractivity contribution in [2.24, 2.45) is 23.2 Å². The number of amides is 4. The summed E-state index contributed by atoms with van der Waals surface area (Å²) in [6.07, 6.45) is -5.63. The van der Waals surface area contributed by atoms with Crippen LogP contribution in [0.25, 0.3) is 11.0 Å². The van der Waals surface area contributed by atoms with Gasteiger partial charge in [-0.25, -0.2) is 40.7 Å². The molecular formula is C39H48F6N6O8S. The van der Waals surface area contributed by atoms with Gasteiger partial charge in [0.1, 0.15) is 29.8 Å². The monoisotopic (exact) mass is 874 g/mol. The molecule has 3 saturated carbocycles. The minimum atomic E-state index is -4.24. The van der Waals surface area contributed by atoms with Gasteiger partial charge in [0.15, 0.2) is 17.3 Å². The Morgan fingerprint density at radius 3 is 2.27 bits per heavy atom. The Morgan fingerprint density at radius 2 is 1.65 bits per heavy atom. The first-order chi connectivity index (χ1) is 28.0. The van der Waals surface area contributed by atoms with Gasteiger partial charge in [0.2, 0.25) is 34.1 Å². The molecule has 60 heavy (non-hydrogen) atoms. The van der Waals surface area contributed by atoms with E-state index in [2.05, 4.69) is 20.6 Å². The Bertz CT molecular complexity index is 2170. The van der Waals surface area contributed by atoms with Crippen molar-refractivity contribution in [2.75, 3.05) is 6.54 Å². The number of nitrogens with one attached hydrogen (secondary N) is 3. The summed E-state index contributed by atoms with van der Waals surface area (Å²) >= 11 is 0. The van der Waals surface area contributed by atoms with E-state index in [4.69, 9.17) is 9.47 Å². The van der Waals surface area contributed by atoms with Gasteiger partial charge in [0.05, 0.1) is 28.7 Å². The topological polar surface area (TPSA) is 186 Å². The van der Waals surface area contributed by atoms with Crippen molar-refractivity contribution in [2.45, 2.75) is 139 Å². The van der Waals surface area contributed by atoms with Crippen LogP contribution in [-0.4, -0.2) is 95.2 Å². The summed E-state index contributed by atoms with van der Waals surface area (Å²) in [4.78, 5) is 64.9. The van der Waals surface area contributed by atoms with Gasteiger partial charge in [-0.05, 0) is 62.2 Å². The van der Waals surface area contributed by atoms with Crippen molar-refractivity contribution in [3.8, 4) is 5.88 Å². The Balaban J connectivity index is 1.27. The van der Waals surface area contributed by atoms with E-state index in [9.17, 15) is 45.2 Å². The average Bonchev–Trinajstić information content (AvgIpc) is 4.06. The molecule has 1 saturated heterocycles. The summed E-state index contributed by atoms with van der Waals surface area (Å²) in [6, 6.07) is -1.80. The van der Waals surface area contributed by atoms with Crippen LogP contribution in [0.4, 0.5) is 31.1 Å². The number of benzene rings is 1. The normalized spacial score (nSPS) is 31.2. The van der Waals surface area contributed by atoms with Crippen LogP contribution in [0, 0.1) is 34.8 Å². The molecule has 4 fully saturated rings. The van der Waals surface area contributed by atoms with Crippen molar-refractivity contribution in [3.05, 3.63) is 29.5 Å². The zero-order valence-electron chi connectivity index (χ0n) is 33.4. The lowest BCUT2D eigenvalue weighted by molar-refractivity contribution is -0.143. The number of hydrogen-bond donors (Lipinski definition) is 3. The van der Waals surface area contributed by atoms with Gasteiger partial charge in [-0.15, -0.1) is 0 Å². The standard InChI is InChI=1S/C39H48F6N6O8S/c1-18-11-19-7-5-6-10-39(44,45)29-33(47-26-15-24(41)23(40)14-25(26)46-29)58-20-13-27(51(17-20)34(53)30(37(2,3)4)48-36(55)59-28(19)12-18)32(52)49-38(16-22(38)31(42)43)35(54)50-60(56,57)21-8-9-21/h14-15,18-22,27-28,30-31H,5-13,16-17H2,1-4H3,(H,48,55)(H,49,52)(H,50,54)/t18-,19-,20-,22+,27+,28-,30-,38-/m1/s1. The highest BCUT2D eigenvalue weighted by Gasteiger charge is 2.67. The fourth-order valence-electron chi connectivity index (χ4n) is 8.71. The first-order valence-electron chi connectivity index (χ1n) is 20.1. The smallest absolute Gasteiger partial charge is 0.408 e. The quantitative estimate of drug-likeness (QED) is 0.325. The maximum atomic E-state index is 16.3. The number of carbonyl (C=O) groups excluding carboxylic acids is 4. The number of hydrogen-bond acceptors (Lipinski definition) is 10. The summed E-state index contributed by atoms with van der Waals surface area (Å²) in [6.45, 7) is 6.30. The highest BCUT2D eigenvalue weighted by molar-refractivity contribution is 7.91. The minimum Gasteiger partial charge on any atom is -0.471 e. The molecule has 1 aromatic carbocycles. The maximum Gasteiger partial charge on any atom is 0.408 e. The molecule has 2 aliphatic heterocycles. The fourth-order valence-corrected chi connectivity index (χ4v) is 10.1. The van der Waals surface area contributed by atoms with Crippen molar-refractivity contribution in [1.82, 2.24) is 30.2 Å². The number of alkyl halides is 4. The van der Waals surface area contributed by atoms with Crippen LogP contribution in [0.3, 0.4) is 0 Å². The van der Waals surface area contributed by atoms with Gasteiger partial charge in [0.25, 0.3) is 11.8 Å². The van der Waals surface area contributed by atoms with E-state index >= 15 is 8.78 Å². The second-order valence-corrected chi connectivity index (χ2v) is 20.0. The van der Waals surface area contributed by atoms with Crippen LogP contribution in [0.1, 0.15) is 97.6 Å². The van der Waals surface area contributed by atoms with Crippen LogP contribution >= 0.6 is 0 Å². The molecular weight excluding hydrogens is 827 g/mol. The molecule has 3 N–H and O–H groups in total. The zero-order chi connectivity index (χ0) is 43.7. The lowest BCUT2D eigenvalue weighted by Crippen LogP contribution is -2.60. The third-order valence-corrected chi connectivity index (χ3v) is 14.0. The number of rotatable bonds is 6. The number of fused-ring (bicyclic) bond motifs is 5. The average molecular weight is 875 g/mol. The van der Waals surface area contributed by atoms with Gasteiger partial charge < -0.3 is 25.0 Å². The highest BCUT2D eigenvalue weighted by atomic mass is 32.2. The number of carbonyl (C=O) groups is 4. The summed E-state index contributed by atoms with van der Waals surface area (Å²) < 4.78 is 129. The van der Waals surface area contributed by atoms with Crippen LogP contribution < -0.4 is 20.1 Å². The second-order valence-electron chi connectivity index (χ2n) is 18.1. The van der Waals surface area contributed by atoms with E-state index in [1.165, 1.54) is 0 Å². The van der Waals surface area contributed by atoms with E-state index in [1.807, 2.05) is 11.6 Å². The summed E-state index contributed by atoms with van der Waals surface area (Å²) in [5.74, 6) is -12.5. The Labute approximate surface area is 342 Å². The van der Waals surface area contributed by atoms with E-state index in [0.29, 0.717) is 37.8 Å². The van der Waals surface area contributed by atoms with Gasteiger partial charge in [-0.2, -0.15) is 8.78 Å². The van der Waals surface area contributed by atoms with Crippen LogP contribution in [0.15, 0.2) is 12.1 Å². The molecule has 2 aromatic rings. The number of sulfonamides is 1. The SMILES string of the molecule is C[C@@H]1C[C@H]2CCCCC(F)(F)c3nc4cc(F)c(F)cc4nc3O[C@@H]3C[C@@H](C(=O)N[C@]4(C(=O)NS(=O)(=O)C5CC5)C[C@H]4C(F)F)N(C3)C(=O)[C@H](C(C)(C)C)NC(=O)O[C@@H]2C1. The number of ether oxygens (including phenoxy) is 2. The summed E-state index contributed by atoms with van der Waals surface area (Å²) in [5.41, 5.74) is -5.19. The molecule has 0 unspecified atom stereocenters. The Hall–Kier alpha value is -4.43. The minimum absolute atomic E-state index is 0.0231. The Kier molecular flexibility index (Phi) is 11.5. The molecule has 21 heteroatoms. The van der Waals surface area contributed by atoms with E-state index < -0.39 is 147 Å². The molecule has 0 spiro atoms. The van der Waals surface area contributed by atoms with Crippen LogP contribution in [0.2, 0.25) is 0 Å². The van der Waals surface area contributed by atoms with Gasteiger partial charge >= 0.3 is 6.09 Å². The lowest BCUT2D eigenvalue weighted by Gasteiger charge is -2.35. The number of alkyl carbamates (subject to hydrolysis) is 1. The first kappa shape index (κ1) is 43.7. The predicted octanol–water partition coefficient (Wildman–Crippen LogP) is 5.23. The zero-order valence-corrected chi connectivity index (χ0v) is 34.2. The van der Waals surface area contributed by atoms with Crippen LogP contribution in [-0.2, 0) is 35.1 Å². The lowest BCUT2D eigenvalue weighted by atomic mass is 9.85. The van der Waals surface area contributed by atoms with Crippen molar-refractivity contribution in [3.63, 3.8) is 0 Å². The Morgan fingerprint density at radius 1 is 0.983 bits per heavy atom. The largest absolute Gasteiger partial charge is 0.471 e. The molecule has 3 heterocycles. The molecule has 8 atom stereocenters. The first-order valence-corrected chi connectivity index (χ1v) is 21.7. The van der Waals surface area contributed by atoms with Gasteiger partial charge in [-0.3, -0.25) is 19.1 Å².